The van der Waals surface area contributed by atoms with Gasteiger partial charge in [-0.25, -0.2) is 9.78 Å². The van der Waals surface area contributed by atoms with Crippen molar-refractivity contribution in [3.63, 3.8) is 0 Å². The summed E-state index contributed by atoms with van der Waals surface area (Å²) in [6.07, 6.45) is 0.820. The van der Waals surface area contributed by atoms with Crippen LogP contribution in [0.3, 0.4) is 0 Å². The first-order chi connectivity index (χ1) is 7.40. The van der Waals surface area contributed by atoms with E-state index in [-0.39, 0.29) is 5.69 Å². The van der Waals surface area contributed by atoms with Gasteiger partial charge in [0.15, 0.2) is 0 Å². The second-order valence-corrected chi connectivity index (χ2v) is 4.83. The van der Waals surface area contributed by atoms with Crippen molar-refractivity contribution in [3.8, 4) is 0 Å². The van der Waals surface area contributed by atoms with E-state index in [2.05, 4.69) is 32.7 Å². The maximum Gasteiger partial charge on any atom is 0.354 e. The smallest absolute Gasteiger partial charge is 0.354 e. The van der Waals surface area contributed by atoms with E-state index in [0.717, 1.165) is 17.7 Å². The largest absolute Gasteiger partial charge is 0.477 e. The summed E-state index contributed by atoms with van der Waals surface area (Å²) >= 11 is 0. The molecule has 0 aliphatic carbocycles. The summed E-state index contributed by atoms with van der Waals surface area (Å²) in [7, 11) is 0. The van der Waals surface area contributed by atoms with Gasteiger partial charge >= 0.3 is 5.97 Å². The monoisotopic (exact) mass is 221 g/mol. The third kappa shape index (κ3) is 3.33. The molecule has 0 aromatic carbocycles. The number of pyridine rings is 1. The zero-order chi connectivity index (χ0) is 12.3. The average Bonchev–Trinajstić information content (AvgIpc) is 2.15. The quantitative estimate of drug-likeness (QED) is 0.849. The molecule has 0 saturated heterocycles. The van der Waals surface area contributed by atoms with Crippen LogP contribution in [0.15, 0.2) is 12.1 Å². The van der Waals surface area contributed by atoms with Crippen LogP contribution in [0.2, 0.25) is 0 Å². The molecule has 0 fully saturated rings. The highest BCUT2D eigenvalue weighted by Crippen LogP contribution is 2.18. The van der Waals surface area contributed by atoms with Crippen LogP contribution in [0.1, 0.15) is 55.4 Å². The van der Waals surface area contributed by atoms with Crippen molar-refractivity contribution in [1.29, 1.82) is 0 Å². The van der Waals surface area contributed by atoms with Gasteiger partial charge in [0.1, 0.15) is 5.69 Å². The summed E-state index contributed by atoms with van der Waals surface area (Å²) in [6, 6.07) is 3.67. The molecule has 0 radical (unpaired) electrons. The molecule has 0 saturated carbocycles. The summed E-state index contributed by atoms with van der Waals surface area (Å²) < 4.78 is 0. The summed E-state index contributed by atoms with van der Waals surface area (Å²) in [6.45, 7) is 8.31. The number of rotatable bonds is 4. The standard InChI is InChI=1S/C13H19NO2/c1-8(2)5-11-6-10(9(3)4)7-12(14-11)13(15)16/h6-9H,5H2,1-4H3,(H,15,16). The molecule has 1 aromatic heterocycles. The highest BCUT2D eigenvalue weighted by Gasteiger charge is 2.11. The molecule has 16 heavy (non-hydrogen) atoms. The van der Waals surface area contributed by atoms with Gasteiger partial charge in [-0.2, -0.15) is 0 Å². The molecule has 0 spiro atoms. The van der Waals surface area contributed by atoms with Crippen LogP contribution in [0.25, 0.3) is 0 Å². The Labute approximate surface area is 96.5 Å². The van der Waals surface area contributed by atoms with Crippen LogP contribution in [0.4, 0.5) is 0 Å². The maximum absolute atomic E-state index is 11.0. The molecule has 3 nitrogen and oxygen atoms in total. The van der Waals surface area contributed by atoms with Gasteiger partial charge in [-0.05, 0) is 36.0 Å². The van der Waals surface area contributed by atoms with Gasteiger partial charge in [0.2, 0.25) is 0 Å². The van der Waals surface area contributed by atoms with Gasteiger partial charge in [0, 0.05) is 5.69 Å². The molecular weight excluding hydrogens is 202 g/mol. The molecule has 1 aromatic rings. The molecule has 0 aliphatic heterocycles. The van der Waals surface area contributed by atoms with Gasteiger partial charge in [-0.15, -0.1) is 0 Å². The normalized spacial score (nSPS) is 11.1. The Morgan fingerprint density at radius 2 is 1.94 bits per heavy atom. The molecule has 0 atom stereocenters. The van der Waals surface area contributed by atoms with Crippen molar-refractivity contribution in [2.75, 3.05) is 0 Å². The van der Waals surface area contributed by atoms with E-state index in [9.17, 15) is 4.79 Å². The lowest BCUT2D eigenvalue weighted by Crippen LogP contribution is -2.07. The summed E-state index contributed by atoms with van der Waals surface area (Å²) in [4.78, 5) is 15.1. The first-order valence-electron chi connectivity index (χ1n) is 5.64. The van der Waals surface area contributed by atoms with E-state index in [1.807, 2.05) is 6.07 Å². The van der Waals surface area contributed by atoms with Crippen LogP contribution >= 0.6 is 0 Å². The van der Waals surface area contributed by atoms with E-state index >= 15 is 0 Å². The molecular formula is C13H19NO2. The number of nitrogens with zero attached hydrogens (tertiary/aromatic N) is 1. The number of aromatic carboxylic acids is 1. The lowest BCUT2D eigenvalue weighted by molar-refractivity contribution is 0.0690. The Bertz CT molecular complexity index is 384. The summed E-state index contributed by atoms with van der Waals surface area (Å²) in [5.41, 5.74) is 2.07. The highest BCUT2D eigenvalue weighted by molar-refractivity contribution is 5.85. The first kappa shape index (κ1) is 12.7. The van der Waals surface area contributed by atoms with Crippen molar-refractivity contribution >= 4 is 5.97 Å². The molecule has 0 unspecified atom stereocenters. The zero-order valence-corrected chi connectivity index (χ0v) is 10.3. The van der Waals surface area contributed by atoms with Crippen LogP contribution in [-0.4, -0.2) is 16.1 Å². The highest BCUT2D eigenvalue weighted by atomic mass is 16.4. The van der Waals surface area contributed by atoms with Gasteiger partial charge in [0.25, 0.3) is 0 Å². The SMILES string of the molecule is CC(C)Cc1cc(C(C)C)cc(C(=O)O)n1. The van der Waals surface area contributed by atoms with E-state index in [4.69, 9.17) is 5.11 Å². The molecule has 0 amide bonds. The van der Waals surface area contributed by atoms with Gasteiger partial charge in [0.05, 0.1) is 0 Å². The molecule has 0 aliphatic rings. The fourth-order valence-corrected chi connectivity index (χ4v) is 1.58. The van der Waals surface area contributed by atoms with E-state index in [1.165, 1.54) is 0 Å². The average molecular weight is 221 g/mol. The third-order valence-electron chi connectivity index (χ3n) is 2.40. The van der Waals surface area contributed by atoms with E-state index in [0.29, 0.717) is 11.8 Å². The fraction of sp³-hybridized carbons (Fsp3) is 0.538. The first-order valence-corrected chi connectivity index (χ1v) is 5.64. The topological polar surface area (TPSA) is 50.2 Å². The maximum atomic E-state index is 11.0. The number of carboxylic acids is 1. The Balaban J connectivity index is 3.13. The second kappa shape index (κ2) is 5.10. The fourth-order valence-electron chi connectivity index (χ4n) is 1.58. The summed E-state index contributed by atoms with van der Waals surface area (Å²) in [5, 5.41) is 8.99. The Morgan fingerprint density at radius 1 is 1.31 bits per heavy atom. The third-order valence-corrected chi connectivity index (χ3v) is 2.40. The molecule has 1 rings (SSSR count). The van der Waals surface area contributed by atoms with Crippen molar-refractivity contribution in [3.05, 3.63) is 29.1 Å². The Kier molecular flexibility index (Phi) is 4.05. The van der Waals surface area contributed by atoms with Gasteiger partial charge < -0.3 is 5.11 Å². The lowest BCUT2D eigenvalue weighted by Gasteiger charge is -2.10. The van der Waals surface area contributed by atoms with E-state index < -0.39 is 5.97 Å². The molecule has 1 heterocycles. The van der Waals surface area contributed by atoms with Crippen molar-refractivity contribution in [2.24, 2.45) is 5.92 Å². The number of carboxylic acid groups (broad SMARTS) is 1. The zero-order valence-electron chi connectivity index (χ0n) is 10.3. The minimum absolute atomic E-state index is 0.154. The number of hydrogen-bond acceptors (Lipinski definition) is 2. The minimum atomic E-state index is -0.951. The number of hydrogen-bond donors (Lipinski definition) is 1. The Morgan fingerprint density at radius 3 is 2.38 bits per heavy atom. The van der Waals surface area contributed by atoms with Crippen molar-refractivity contribution in [2.45, 2.75) is 40.0 Å². The van der Waals surface area contributed by atoms with Crippen molar-refractivity contribution in [1.82, 2.24) is 4.98 Å². The summed E-state index contributed by atoms with van der Waals surface area (Å²) in [5.74, 6) is -0.143. The van der Waals surface area contributed by atoms with Crippen LogP contribution < -0.4 is 0 Å². The number of carbonyl (C=O) groups is 1. The molecule has 3 heteroatoms. The minimum Gasteiger partial charge on any atom is -0.477 e. The predicted molar refractivity (Wildman–Crippen MR) is 63.8 cm³/mol. The molecule has 1 N–H and O–H groups in total. The van der Waals surface area contributed by atoms with Gasteiger partial charge in [-0.1, -0.05) is 27.7 Å². The van der Waals surface area contributed by atoms with Gasteiger partial charge in [-0.3, -0.25) is 0 Å². The number of aromatic nitrogens is 1. The van der Waals surface area contributed by atoms with Crippen LogP contribution in [0.5, 0.6) is 0 Å². The molecule has 88 valence electrons. The predicted octanol–water partition coefficient (Wildman–Crippen LogP) is 3.10. The second-order valence-electron chi connectivity index (χ2n) is 4.83. The van der Waals surface area contributed by atoms with Crippen molar-refractivity contribution < 1.29 is 9.90 Å². The van der Waals surface area contributed by atoms with E-state index in [1.54, 1.807) is 6.07 Å². The molecule has 0 bridgehead atoms. The van der Waals surface area contributed by atoms with Crippen LogP contribution in [-0.2, 0) is 6.42 Å². The Hall–Kier alpha value is -1.38. The lowest BCUT2D eigenvalue weighted by atomic mass is 9.99. The van der Waals surface area contributed by atoms with Crippen LogP contribution in [0, 0.1) is 5.92 Å².